The molecule has 0 aliphatic heterocycles. The van der Waals surface area contributed by atoms with E-state index in [2.05, 4.69) is 10.2 Å². The molecule has 124 valence electrons. The number of ether oxygens (including phenoxy) is 2. The Bertz CT molecular complexity index is 753. The second-order valence-electron chi connectivity index (χ2n) is 4.49. The minimum absolute atomic E-state index is 0.173. The quantitative estimate of drug-likeness (QED) is 0.447. The van der Waals surface area contributed by atoms with Crippen molar-refractivity contribution >= 4 is 22.7 Å². The van der Waals surface area contributed by atoms with Gasteiger partial charge in [0.1, 0.15) is 11.5 Å². The summed E-state index contributed by atoms with van der Waals surface area (Å²) in [6.07, 6.45) is 0. The summed E-state index contributed by atoms with van der Waals surface area (Å²) in [5, 5.41) is 29.5. The first kappa shape index (κ1) is 16.8. The van der Waals surface area contributed by atoms with Gasteiger partial charge in [-0.05, 0) is 0 Å². The predicted octanol–water partition coefficient (Wildman–Crippen LogP) is 3.94. The van der Waals surface area contributed by atoms with Gasteiger partial charge in [-0.15, -0.1) is 0 Å². The molecule has 24 heavy (non-hydrogen) atoms. The van der Waals surface area contributed by atoms with Gasteiger partial charge in [-0.25, -0.2) is 0 Å². The summed E-state index contributed by atoms with van der Waals surface area (Å²) < 4.78 is 9.94. The lowest BCUT2D eigenvalue weighted by Crippen LogP contribution is -1.90. The molecule has 0 aliphatic carbocycles. The van der Waals surface area contributed by atoms with Crippen LogP contribution in [0.5, 0.6) is 11.5 Å². The summed E-state index contributed by atoms with van der Waals surface area (Å²) in [4.78, 5) is 20.6. The smallest absolute Gasteiger partial charge is 0.275 e. The third kappa shape index (κ3) is 4.00. The average molecular weight is 332 g/mol. The SMILES string of the molecule is COc1cc(N=Nc2cc(OC)cc([N+](=O)[O-])c2)cc([N+](=O)[O-])c1. The lowest BCUT2D eigenvalue weighted by molar-refractivity contribution is -0.385. The van der Waals surface area contributed by atoms with E-state index in [1.807, 2.05) is 0 Å². The summed E-state index contributed by atoms with van der Waals surface area (Å²) in [5.41, 5.74) is -0.0714. The molecule has 2 rings (SSSR count). The Morgan fingerprint density at radius 1 is 0.750 bits per heavy atom. The van der Waals surface area contributed by atoms with Gasteiger partial charge in [0, 0.05) is 24.3 Å². The lowest BCUT2D eigenvalue weighted by Gasteiger charge is -2.02. The van der Waals surface area contributed by atoms with Crippen LogP contribution >= 0.6 is 0 Å². The van der Waals surface area contributed by atoms with Gasteiger partial charge in [0.2, 0.25) is 0 Å². The van der Waals surface area contributed by atoms with E-state index in [1.165, 1.54) is 50.6 Å². The number of nitro benzene ring substituents is 2. The first-order chi connectivity index (χ1) is 11.4. The average Bonchev–Trinajstić information content (AvgIpc) is 2.59. The lowest BCUT2D eigenvalue weighted by atomic mass is 10.2. The van der Waals surface area contributed by atoms with Gasteiger partial charge < -0.3 is 9.47 Å². The van der Waals surface area contributed by atoms with Crippen LogP contribution in [0.25, 0.3) is 0 Å². The Hall–Kier alpha value is -3.56. The molecular weight excluding hydrogens is 320 g/mol. The molecule has 0 saturated heterocycles. The molecule has 0 radical (unpaired) electrons. The second kappa shape index (κ2) is 7.13. The number of azo groups is 1. The summed E-state index contributed by atoms with van der Waals surface area (Å²) in [7, 11) is 2.73. The van der Waals surface area contributed by atoms with Crippen molar-refractivity contribution in [3.8, 4) is 11.5 Å². The maximum atomic E-state index is 10.9. The van der Waals surface area contributed by atoms with E-state index in [-0.39, 0.29) is 34.2 Å². The molecule has 0 aliphatic rings. The van der Waals surface area contributed by atoms with E-state index in [4.69, 9.17) is 9.47 Å². The van der Waals surface area contributed by atoms with E-state index in [0.29, 0.717) is 0 Å². The first-order valence-electron chi connectivity index (χ1n) is 6.51. The molecule has 0 unspecified atom stereocenters. The largest absolute Gasteiger partial charge is 0.496 e. The number of hydrogen-bond acceptors (Lipinski definition) is 8. The van der Waals surface area contributed by atoms with Crippen LogP contribution in [0.2, 0.25) is 0 Å². The van der Waals surface area contributed by atoms with Crippen LogP contribution in [0.1, 0.15) is 0 Å². The Kier molecular flexibility index (Phi) is 5.00. The van der Waals surface area contributed by atoms with E-state index < -0.39 is 9.85 Å². The topological polar surface area (TPSA) is 129 Å². The number of nitro groups is 2. The van der Waals surface area contributed by atoms with Gasteiger partial charge in [0.15, 0.2) is 0 Å². The van der Waals surface area contributed by atoms with Crippen molar-refractivity contribution in [1.29, 1.82) is 0 Å². The van der Waals surface area contributed by atoms with Crippen molar-refractivity contribution in [2.75, 3.05) is 14.2 Å². The number of non-ortho nitro benzene ring substituents is 2. The molecule has 2 aromatic rings. The molecule has 0 heterocycles. The molecular formula is C14H12N4O6. The molecule has 0 amide bonds. The number of nitrogens with zero attached hydrogens (tertiary/aromatic N) is 4. The van der Waals surface area contributed by atoms with Gasteiger partial charge in [-0.3, -0.25) is 20.2 Å². The highest BCUT2D eigenvalue weighted by molar-refractivity contribution is 5.55. The Morgan fingerprint density at radius 3 is 1.42 bits per heavy atom. The molecule has 0 aromatic heterocycles. The van der Waals surface area contributed by atoms with Gasteiger partial charge in [-0.2, -0.15) is 10.2 Å². The third-order valence-corrected chi connectivity index (χ3v) is 2.93. The highest BCUT2D eigenvalue weighted by atomic mass is 16.6. The summed E-state index contributed by atoms with van der Waals surface area (Å²) >= 11 is 0. The Balaban J connectivity index is 2.40. The van der Waals surface area contributed by atoms with Gasteiger partial charge in [-0.1, -0.05) is 0 Å². The van der Waals surface area contributed by atoms with Crippen molar-refractivity contribution in [3.05, 3.63) is 56.6 Å². The minimum atomic E-state index is -0.585. The molecule has 0 spiro atoms. The number of methoxy groups -OCH3 is 2. The molecule has 0 saturated carbocycles. The van der Waals surface area contributed by atoms with Crippen molar-refractivity contribution in [1.82, 2.24) is 0 Å². The minimum Gasteiger partial charge on any atom is -0.496 e. The van der Waals surface area contributed by atoms with Crippen molar-refractivity contribution < 1.29 is 19.3 Å². The number of benzene rings is 2. The van der Waals surface area contributed by atoms with E-state index in [0.717, 1.165) is 0 Å². The number of hydrogen-bond donors (Lipinski definition) is 0. The van der Waals surface area contributed by atoms with Crippen molar-refractivity contribution in [2.45, 2.75) is 0 Å². The van der Waals surface area contributed by atoms with E-state index in [1.54, 1.807) is 0 Å². The van der Waals surface area contributed by atoms with Crippen LogP contribution in [0.15, 0.2) is 46.6 Å². The van der Waals surface area contributed by atoms with Crippen molar-refractivity contribution in [2.24, 2.45) is 10.2 Å². The molecule has 0 N–H and O–H groups in total. The fourth-order valence-corrected chi connectivity index (χ4v) is 1.81. The van der Waals surface area contributed by atoms with Gasteiger partial charge in [0.25, 0.3) is 11.4 Å². The maximum absolute atomic E-state index is 10.9. The molecule has 0 fully saturated rings. The third-order valence-electron chi connectivity index (χ3n) is 2.93. The number of rotatable bonds is 6. The first-order valence-corrected chi connectivity index (χ1v) is 6.51. The zero-order chi connectivity index (χ0) is 17.7. The van der Waals surface area contributed by atoms with Crippen LogP contribution in [-0.4, -0.2) is 24.1 Å². The second-order valence-corrected chi connectivity index (χ2v) is 4.49. The molecule has 2 aromatic carbocycles. The molecule has 10 nitrogen and oxygen atoms in total. The molecule has 0 bridgehead atoms. The van der Waals surface area contributed by atoms with Crippen LogP contribution in [0, 0.1) is 20.2 Å². The zero-order valence-electron chi connectivity index (χ0n) is 12.7. The highest BCUT2D eigenvalue weighted by Crippen LogP contribution is 2.31. The van der Waals surface area contributed by atoms with E-state index >= 15 is 0 Å². The Labute approximate surface area is 135 Å². The van der Waals surface area contributed by atoms with Crippen LogP contribution in [0.3, 0.4) is 0 Å². The van der Waals surface area contributed by atoms with Crippen LogP contribution in [0.4, 0.5) is 22.7 Å². The fourth-order valence-electron chi connectivity index (χ4n) is 1.81. The summed E-state index contributed by atoms with van der Waals surface area (Å²) in [5.74, 6) is 0.490. The summed E-state index contributed by atoms with van der Waals surface area (Å²) in [6.45, 7) is 0. The Morgan fingerprint density at radius 2 is 1.12 bits per heavy atom. The monoisotopic (exact) mass is 332 g/mol. The van der Waals surface area contributed by atoms with Crippen LogP contribution in [-0.2, 0) is 0 Å². The predicted molar refractivity (Wildman–Crippen MR) is 83.5 cm³/mol. The maximum Gasteiger partial charge on any atom is 0.275 e. The van der Waals surface area contributed by atoms with Gasteiger partial charge >= 0.3 is 0 Å². The van der Waals surface area contributed by atoms with Gasteiger partial charge in [0.05, 0.1) is 47.6 Å². The zero-order valence-corrected chi connectivity index (χ0v) is 12.7. The fraction of sp³-hybridized carbons (Fsp3) is 0.143. The normalized spacial score (nSPS) is 10.6. The standard InChI is InChI=1S/C14H12N4O6/c1-23-13-5-9(3-11(7-13)17(19)20)15-16-10-4-12(18(21)22)8-14(6-10)24-2/h3-8H,1-2H3. The molecule has 10 heteroatoms. The van der Waals surface area contributed by atoms with E-state index in [9.17, 15) is 20.2 Å². The van der Waals surface area contributed by atoms with Crippen LogP contribution < -0.4 is 9.47 Å². The highest BCUT2D eigenvalue weighted by Gasteiger charge is 2.12. The molecule has 0 atom stereocenters. The summed E-state index contributed by atoms with van der Waals surface area (Å²) in [6, 6.07) is 7.81. The van der Waals surface area contributed by atoms with Crippen molar-refractivity contribution in [3.63, 3.8) is 0 Å².